The summed E-state index contributed by atoms with van der Waals surface area (Å²) in [6.07, 6.45) is -1.43. The monoisotopic (exact) mass is 411 g/mol. The van der Waals surface area contributed by atoms with E-state index in [-0.39, 0.29) is 12.2 Å². The third-order valence-electron chi connectivity index (χ3n) is 4.19. The second-order valence-electron chi connectivity index (χ2n) is 6.41. The molecule has 2 heterocycles. The van der Waals surface area contributed by atoms with Crippen LogP contribution < -0.4 is 10.1 Å². The van der Waals surface area contributed by atoms with E-state index in [1.54, 1.807) is 13.1 Å². The largest absolute Gasteiger partial charge is 0.483 e. The number of aliphatic imine (C=N–C) groups is 1. The predicted octanol–water partition coefficient (Wildman–Crippen LogP) is 3.81. The Kier molecular flexibility index (Phi) is 5.60. The van der Waals surface area contributed by atoms with E-state index in [1.165, 1.54) is 18.3 Å². The second kappa shape index (κ2) is 7.79. The van der Waals surface area contributed by atoms with Gasteiger partial charge in [-0.05, 0) is 30.2 Å². The van der Waals surface area contributed by atoms with E-state index in [4.69, 9.17) is 11.6 Å². The first-order chi connectivity index (χ1) is 13.2. The zero-order valence-corrected chi connectivity index (χ0v) is 15.6. The number of nitrogens with one attached hydrogen (secondary N) is 1. The maximum Gasteiger partial charge on any atom is 0.422 e. The minimum atomic E-state index is -4.42. The first kappa shape index (κ1) is 20.1. The molecular weight excluding hydrogens is 395 g/mol. The van der Waals surface area contributed by atoms with Crippen molar-refractivity contribution in [1.29, 1.82) is 0 Å². The van der Waals surface area contributed by atoms with Gasteiger partial charge in [-0.3, -0.25) is 14.8 Å². The highest BCUT2D eigenvalue weighted by atomic mass is 35.5. The number of halogens is 4. The van der Waals surface area contributed by atoms with Gasteiger partial charge in [0, 0.05) is 12.6 Å². The Bertz CT molecular complexity index is 887. The highest BCUT2D eigenvalue weighted by molar-refractivity contribution is 6.35. The van der Waals surface area contributed by atoms with Crippen LogP contribution in [-0.2, 0) is 11.2 Å². The molecule has 28 heavy (non-hydrogen) atoms. The summed E-state index contributed by atoms with van der Waals surface area (Å²) in [6, 6.07) is 9.84. The lowest BCUT2D eigenvalue weighted by molar-refractivity contribution is -0.153. The van der Waals surface area contributed by atoms with Crippen molar-refractivity contribution >= 4 is 23.7 Å². The van der Waals surface area contributed by atoms with Crippen LogP contribution in [0.5, 0.6) is 5.75 Å². The molecule has 1 aromatic carbocycles. The van der Waals surface area contributed by atoms with Crippen LogP contribution in [0.3, 0.4) is 0 Å². The number of hydrogen-bond donors (Lipinski definition) is 1. The number of fused-ring (bicyclic) bond motifs is 1. The van der Waals surface area contributed by atoms with E-state index in [0.717, 1.165) is 11.1 Å². The average molecular weight is 412 g/mol. The Morgan fingerprint density at radius 3 is 2.75 bits per heavy atom. The van der Waals surface area contributed by atoms with Gasteiger partial charge in [0.2, 0.25) is 5.00 Å². The number of aromatic nitrogens is 1. The molecule has 0 aliphatic carbocycles. The van der Waals surface area contributed by atoms with Gasteiger partial charge in [0.1, 0.15) is 5.75 Å². The fraction of sp³-hybridized carbons (Fsp3) is 0.316. The van der Waals surface area contributed by atoms with Crippen molar-refractivity contribution in [3.63, 3.8) is 0 Å². The molecule has 3 rings (SSSR count). The van der Waals surface area contributed by atoms with Gasteiger partial charge in [0.05, 0.1) is 17.9 Å². The summed E-state index contributed by atoms with van der Waals surface area (Å²) in [5.41, 5.74) is 2.28. The molecule has 2 atom stereocenters. The SMILES string of the molecule is CC(NC(=O)C1(Cl)Cc2ccccc2C=N1)c1ccc(OCC(F)(F)F)cn1. The Hall–Kier alpha value is -2.61. The highest BCUT2D eigenvalue weighted by Crippen LogP contribution is 2.29. The molecule has 1 aliphatic rings. The van der Waals surface area contributed by atoms with Gasteiger partial charge in [0.25, 0.3) is 5.91 Å². The number of alkyl halides is 4. The molecule has 0 spiro atoms. The first-order valence-electron chi connectivity index (χ1n) is 8.45. The quantitative estimate of drug-likeness (QED) is 0.601. The van der Waals surface area contributed by atoms with Crippen LogP contribution in [0, 0.1) is 0 Å². The van der Waals surface area contributed by atoms with Crippen molar-refractivity contribution < 1.29 is 22.7 Å². The Labute approximate surface area is 164 Å². The number of benzene rings is 1. The van der Waals surface area contributed by atoms with Crippen LogP contribution in [0.25, 0.3) is 0 Å². The smallest absolute Gasteiger partial charge is 0.422 e. The number of pyridine rings is 1. The molecule has 0 bridgehead atoms. The summed E-state index contributed by atoms with van der Waals surface area (Å²) in [5.74, 6) is -0.492. The van der Waals surface area contributed by atoms with Crippen molar-refractivity contribution in [1.82, 2.24) is 10.3 Å². The second-order valence-corrected chi connectivity index (χ2v) is 7.04. The zero-order chi connectivity index (χ0) is 20.4. The van der Waals surface area contributed by atoms with E-state index >= 15 is 0 Å². The van der Waals surface area contributed by atoms with Crippen molar-refractivity contribution in [2.75, 3.05) is 6.61 Å². The molecule has 0 fully saturated rings. The Morgan fingerprint density at radius 2 is 2.07 bits per heavy atom. The van der Waals surface area contributed by atoms with Crippen LogP contribution in [0.1, 0.15) is 29.8 Å². The lowest BCUT2D eigenvalue weighted by atomic mass is 9.97. The number of nitrogens with zero attached hydrogens (tertiary/aromatic N) is 2. The maximum absolute atomic E-state index is 12.7. The number of carbonyl (C=O) groups is 1. The molecule has 5 nitrogen and oxygen atoms in total. The van der Waals surface area contributed by atoms with Gasteiger partial charge in [-0.1, -0.05) is 35.9 Å². The molecule has 1 amide bonds. The molecule has 2 unspecified atom stereocenters. The number of carbonyl (C=O) groups excluding carboxylic acids is 1. The fourth-order valence-corrected chi connectivity index (χ4v) is 2.96. The molecule has 1 aromatic heterocycles. The molecular formula is C19H17ClF3N3O2. The third-order valence-corrected chi connectivity index (χ3v) is 4.59. The highest BCUT2D eigenvalue weighted by Gasteiger charge is 2.38. The summed E-state index contributed by atoms with van der Waals surface area (Å²) in [4.78, 5) is 19.4. The van der Waals surface area contributed by atoms with Crippen LogP contribution in [-0.4, -0.2) is 34.9 Å². The van der Waals surface area contributed by atoms with Crippen molar-refractivity contribution in [3.05, 3.63) is 59.4 Å². The maximum atomic E-state index is 12.7. The summed E-state index contributed by atoms with van der Waals surface area (Å²) >= 11 is 6.44. The van der Waals surface area contributed by atoms with Gasteiger partial charge >= 0.3 is 6.18 Å². The summed E-state index contributed by atoms with van der Waals surface area (Å²) in [6.45, 7) is 0.297. The molecule has 0 saturated heterocycles. The van der Waals surface area contributed by atoms with Gasteiger partial charge < -0.3 is 10.1 Å². The van der Waals surface area contributed by atoms with Gasteiger partial charge in [-0.15, -0.1) is 0 Å². The summed E-state index contributed by atoms with van der Waals surface area (Å²) < 4.78 is 41.2. The lowest BCUT2D eigenvalue weighted by Crippen LogP contribution is -2.45. The molecule has 1 aliphatic heterocycles. The van der Waals surface area contributed by atoms with Gasteiger partial charge in [-0.2, -0.15) is 13.2 Å². The van der Waals surface area contributed by atoms with E-state index < -0.39 is 29.7 Å². The molecule has 148 valence electrons. The number of hydrogen-bond acceptors (Lipinski definition) is 4. The standard InChI is InChI=1S/C19H17ClF3N3O2/c1-12(16-7-6-15(10-24-16)28-11-19(21,22)23)26-17(27)18(20)8-13-4-2-3-5-14(13)9-25-18/h2-7,9-10,12H,8,11H2,1H3,(H,26,27). The Morgan fingerprint density at radius 1 is 1.32 bits per heavy atom. The molecule has 0 radical (unpaired) electrons. The van der Waals surface area contributed by atoms with Crippen LogP contribution in [0.2, 0.25) is 0 Å². The lowest BCUT2D eigenvalue weighted by Gasteiger charge is -2.27. The zero-order valence-electron chi connectivity index (χ0n) is 14.8. The first-order valence-corrected chi connectivity index (χ1v) is 8.83. The van der Waals surface area contributed by atoms with Gasteiger partial charge in [0.15, 0.2) is 6.61 Å². The third kappa shape index (κ3) is 4.81. The summed E-state index contributed by atoms with van der Waals surface area (Å²) in [7, 11) is 0. The van der Waals surface area contributed by atoms with Crippen molar-refractivity contribution in [3.8, 4) is 5.75 Å². The molecule has 0 saturated carbocycles. The average Bonchev–Trinajstić information content (AvgIpc) is 2.66. The van der Waals surface area contributed by atoms with Crippen LogP contribution in [0.15, 0.2) is 47.6 Å². The predicted molar refractivity (Wildman–Crippen MR) is 98.7 cm³/mol. The van der Waals surface area contributed by atoms with Crippen LogP contribution >= 0.6 is 11.6 Å². The number of rotatable bonds is 5. The number of ether oxygens (including phenoxy) is 1. The van der Waals surface area contributed by atoms with E-state index in [2.05, 4.69) is 20.0 Å². The van der Waals surface area contributed by atoms with E-state index in [0.29, 0.717) is 5.69 Å². The fourth-order valence-electron chi connectivity index (χ4n) is 2.71. The van der Waals surface area contributed by atoms with E-state index in [1.807, 2.05) is 24.3 Å². The molecule has 1 N–H and O–H groups in total. The minimum absolute atomic E-state index is 0.0121. The normalized spacial score (nSPS) is 19.6. The molecule has 9 heteroatoms. The van der Waals surface area contributed by atoms with Crippen molar-refractivity contribution in [2.45, 2.75) is 30.6 Å². The summed E-state index contributed by atoms with van der Waals surface area (Å²) in [5, 5.41) is 2.74. The van der Waals surface area contributed by atoms with Crippen LogP contribution in [0.4, 0.5) is 13.2 Å². The number of amides is 1. The minimum Gasteiger partial charge on any atom is -0.483 e. The molecule has 2 aromatic rings. The van der Waals surface area contributed by atoms with Gasteiger partial charge in [-0.25, -0.2) is 0 Å². The van der Waals surface area contributed by atoms with E-state index in [9.17, 15) is 18.0 Å². The Balaban J connectivity index is 1.63. The topological polar surface area (TPSA) is 63.6 Å². The van der Waals surface area contributed by atoms with Crippen molar-refractivity contribution in [2.24, 2.45) is 4.99 Å².